The first-order chi connectivity index (χ1) is 7.52. The van der Waals surface area contributed by atoms with E-state index in [2.05, 4.69) is 9.68 Å². The number of carboxylic acids is 1. The van der Waals surface area contributed by atoms with E-state index < -0.39 is 17.6 Å². The minimum atomic E-state index is -1.34. The summed E-state index contributed by atoms with van der Waals surface area (Å²) in [4.78, 5) is 23.9. The average Bonchev–Trinajstić information content (AvgIpc) is 2.61. The highest BCUT2D eigenvalue weighted by atomic mass is 16.5. The Bertz CT molecular complexity index is 409. The first-order valence-electron chi connectivity index (χ1n) is 4.80. The van der Waals surface area contributed by atoms with Crippen LogP contribution in [0.25, 0.3) is 0 Å². The molecule has 0 unspecified atom stereocenters. The molecule has 1 amide bonds. The van der Waals surface area contributed by atoms with Gasteiger partial charge in [-0.2, -0.15) is 0 Å². The average molecular weight is 227 g/mol. The minimum Gasteiger partial charge on any atom is -0.475 e. The van der Waals surface area contributed by atoms with Crippen LogP contribution in [0.4, 0.5) is 5.69 Å². The molecule has 0 fully saturated rings. The molecule has 7 heteroatoms. The molecule has 0 saturated carbocycles. The van der Waals surface area contributed by atoms with Gasteiger partial charge in [-0.05, 0) is 13.8 Å². The lowest BCUT2D eigenvalue weighted by Gasteiger charge is -2.16. The second kappa shape index (κ2) is 4.65. The highest BCUT2D eigenvalue weighted by molar-refractivity contribution is 6.02. The molecule has 0 radical (unpaired) electrons. The van der Waals surface area contributed by atoms with E-state index in [9.17, 15) is 9.59 Å². The summed E-state index contributed by atoms with van der Waals surface area (Å²) in [6.45, 7) is 4.58. The van der Waals surface area contributed by atoms with Crippen LogP contribution in [0.3, 0.4) is 0 Å². The van der Waals surface area contributed by atoms with Crippen molar-refractivity contribution in [1.82, 2.24) is 10.1 Å². The number of hydrogen-bond donors (Lipinski definition) is 2. The lowest BCUT2D eigenvalue weighted by molar-refractivity contribution is 0.0650. The fourth-order valence-electron chi connectivity index (χ4n) is 1.27. The maximum atomic E-state index is 11.8. The van der Waals surface area contributed by atoms with Crippen molar-refractivity contribution in [2.75, 3.05) is 18.8 Å². The number of aromatic nitrogens is 1. The second-order valence-electron chi connectivity index (χ2n) is 3.06. The Labute approximate surface area is 91.8 Å². The molecule has 1 rings (SSSR count). The topological polar surface area (TPSA) is 110 Å². The molecule has 7 nitrogen and oxygen atoms in total. The van der Waals surface area contributed by atoms with Crippen LogP contribution in [0, 0.1) is 0 Å². The van der Waals surface area contributed by atoms with Crippen molar-refractivity contribution >= 4 is 17.6 Å². The first-order valence-corrected chi connectivity index (χ1v) is 4.80. The van der Waals surface area contributed by atoms with Crippen molar-refractivity contribution in [1.29, 1.82) is 0 Å². The van der Waals surface area contributed by atoms with Crippen molar-refractivity contribution in [3.05, 3.63) is 11.5 Å². The van der Waals surface area contributed by atoms with E-state index in [1.54, 1.807) is 13.8 Å². The lowest BCUT2D eigenvalue weighted by atomic mass is 10.2. The summed E-state index contributed by atoms with van der Waals surface area (Å²) in [6.07, 6.45) is 0. The van der Waals surface area contributed by atoms with Gasteiger partial charge in [0.2, 0.25) is 0 Å². The molecule has 0 saturated heterocycles. The summed E-state index contributed by atoms with van der Waals surface area (Å²) >= 11 is 0. The summed E-state index contributed by atoms with van der Waals surface area (Å²) in [5.41, 5.74) is 5.08. The van der Waals surface area contributed by atoms with Gasteiger partial charge in [0.25, 0.3) is 11.7 Å². The number of carbonyl (C=O) groups is 2. The molecule has 1 heterocycles. The Balaban J connectivity index is 3.05. The zero-order chi connectivity index (χ0) is 12.3. The summed E-state index contributed by atoms with van der Waals surface area (Å²) < 4.78 is 4.50. The van der Waals surface area contributed by atoms with E-state index >= 15 is 0 Å². The number of aromatic carboxylic acids is 1. The Hall–Kier alpha value is -2.05. The third-order valence-corrected chi connectivity index (χ3v) is 2.18. The molecular formula is C9H13N3O4. The molecule has 0 spiro atoms. The van der Waals surface area contributed by atoms with E-state index in [0.29, 0.717) is 13.1 Å². The summed E-state index contributed by atoms with van der Waals surface area (Å²) in [5, 5.41) is 12.1. The second-order valence-corrected chi connectivity index (χ2v) is 3.06. The SMILES string of the molecule is CCN(CC)C(=O)c1noc(C(=O)O)c1N. The number of hydrogen-bond acceptors (Lipinski definition) is 5. The van der Waals surface area contributed by atoms with Crippen LogP contribution in [0.2, 0.25) is 0 Å². The number of carboxylic acid groups (broad SMARTS) is 1. The van der Waals surface area contributed by atoms with E-state index in [4.69, 9.17) is 10.8 Å². The van der Waals surface area contributed by atoms with E-state index in [1.165, 1.54) is 4.90 Å². The van der Waals surface area contributed by atoms with Crippen molar-refractivity contribution in [2.24, 2.45) is 0 Å². The molecule has 0 aliphatic carbocycles. The van der Waals surface area contributed by atoms with E-state index in [0.717, 1.165) is 0 Å². The lowest BCUT2D eigenvalue weighted by Crippen LogP contribution is -2.31. The summed E-state index contributed by atoms with van der Waals surface area (Å²) in [5.74, 6) is -2.28. The highest BCUT2D eigenvalue weighted by Crippen LogP contribution is 2.18. The Kier molecular flexibility index (Phi) is 3.49. The molecule has 3 N–H and O–H groups in total. The zero-order valence-corrected chi connectivity index (χ0v) is 9.06. The molecule has 1 aromatic rings. The van der Waals surface area contributed by atoms with Crippen LogP contribution in [0.1, 0.15) is 34.9 Å². The van der Waals surface area contributed by atoms with Crippen molar-refractivity contribution in [3.63, 3.8) is 0 Å². The van der Waals surface area contributed by atoms with Gasteiger partial charge in [-0.15, -0.1) is 0 Å². The van der Waals surface area contributed by atoms with Crippen molar-refractivity contribution in [2.45, 2.75) is 13.8 Å². The number of carbonyl (C=O) groups excluding carboxylic acids is 1. The van der Waals surface area contributed by atoms with Crippen LogP contribution in [0.15, 0.2) is 4.52 Å². The first kappa shape index (κ1) is 12.0. The Morgan fingerprint density at radius 3 is 2.38 bits per heavy atom. The van der Waals surface area contributed by atoms with Gasteiger partial charge in [0.05, 0.1) is 0 Å². The van der Waals surface area contributed by atoms with Crippen LogP contribution in [0.5, 0.6) is 0 Å². The quantitative estimate of drug-likeness (QED) is 0.772. The highest BCUT2D eigenvalue weighted by Gasteiger charge is 2.26. The number of nitrogens with zero attached hydrogens (tertiary/aromatic N) is 2. The standard InChI is InChI=1S/C9H13N3O4/c1-3-12(4-2)8(13)6-5(10)7(9(14)15)16-11-6/h3-4,10H2,1-2H3,(H,14,15). The minimum absolute atomic E-state index is 0.152. The predicted octanol–water partition coefficient (Wildman–Crippen LogP) is 0.437. The van der Waals surface area contributed by atoms with Gasteiger partial charge in [-0.1, -0.05) is 5.16 Å². The molecule has 16 heavy (non-hydrogen) atoms. The fraction of sp³-hybridized carbons (Fsp3) is 0.444. The van der Waals surface area contributed by atoms with Crippen LogP contribution in [-0.4, -0.2) is 40.1 Å². The predicted molar refractivity (Wildman–Crippen MR) is 55.1 cm³/mol. The molecule has 0 aromatic carbocycles. The molecule has 0 aliphatic rings. The number of amides is 1. The third kappa shape index (κ3) is 1.97. The molecule has 0 atom stereocenters. The normalized spacial score (nSPS) is 10.1. The summed E-state index contributed by atoms with van der Waals surface area (Å²) in [7, 11) is 0. The monoisotopic (exact) mass is 227 g/mol. The Morgan fingerprint density at radius 2 is 2.00 bits per heavy atom. The molecule has 1 aromatic heterocycles. The maximum absolute atomic E-state index is 11.8. The van der Waals surface area contributed by atoms with Gasteiger partial charge in [-0.25, -0.2) is 4.79 Å². The van der Waals surface area contributed by atoms with Crippen LogP contribution in [-0.2, 0) is 0 Å². The van der Waals surface area contributed by atoms with Gasteiger partial charge in [0.1, 0.15) is 5.69 Å². The van der Waals surface area contributed by atoms with Gasteiger partial charge >= 0.3 is 5.97 Å². The van der Waals surface area contributed by atoms with Gasteiger partial charge in [-0.3, -0.25) is 4.79 Å². The van der Waals surface area contributed by atoms with E-state index in [-0.39, 0.29) is 11.4 Å². The van der Waals surface area contributed by atoms with Crippen molar-refractivity contribution < 1.29 is 19.2 Å². The number of nitrogen functional groups attached to an aromatic ring is 1. The smallest absolute Gasteiger partial charge is 0.376 e. The molecule has 0 bridgehead atoms. The Morgan fingerprint density at radius 1 is 1.44 bits per heavy atom. The van der Waals surface area contributed by atoms with Crippen LogP contribution < -0.4 is 5.73 Å². The number of anilines is 1. The molecule has 88 valence electrons. The summed E-state index contributed by atoms with van der Waals surface area (Å²) in [6, 6.07) is 0. The van der Waals surface area contributed by atoms with Gasteiger partial charge in [0, 0.05) is 13.1 Å². The maximum Gasteiger partial charge on any atom is 0.376 e. The number of rotatable bonds is 4. The van der Waals surface area contributed by atoms with Crippen LogP contribution >= 0.6 is 0 Å². The zero-order valence-electron chi connectivity index (χ0n) is 9.06. The van der Waals surface area contributed by atoms with Gasteiger partial charge in [0.15, 0.2) is 5.69 Å². The number of nitrogens with two attached hydrogens (primary N) is 1. The van der Waals surface area contributed by atoms with Crippen molar-refractivity contribution in [3.8, 4) is 0 Å². The van der Waals surface area contributed by atoms with E-state index in [1.807, 2.05) is 0 Å². The third-order valence-electron chi connectivity index (χ3n) is 2.18. The molecule has 0 aliphatic heterocycles. The molecular weight excluding hydrogens is 214 g/mol. The largest absolute Gasteiger partial charge is 0.475 e. The fourth-order valence-corrected chi connectivity index (χ4v) is 1.27. The van der Waals surface area contributed by atoms with Gasteiger partial charge < -0.3 is 20.3 Å².